The molecule has 14 nitrogen and oxygen atoms in total. The molecule has 0 fully saturated rings. The molecule has 0 saturated carbocycles. The minimum absolute atomic E-state index is 0.0546. The van der Waals surface area contributed by atoms with Crippen LogP contribution in [-0.2, 0) is 24.0 Å². The molecule has 0 aromatic rings. The van der Waals surface area contributed by atoms with E-state index in [0.29, 0.717) is 0 Å². The Morgan fingerprint density at radius 3 is 2.06 bits per heavy atom. The van der Waals surface area contributed by atoms with Crippen molar-refractivity contribution in [3.05, 3.63) is 0 Å². The van der Waals surface area contributed by atoms with Gasteiger partial charge in [-0.05, 0) is 25.2 Å². The monoisotopic (exact) mass is 459 g/mol. The van der Waals surface area contributed by atoms with Gasteiger partial charge in [0, 0.05) is 13.0 Å². The summed E-state index contributed by atoms with van der Waals surface area (Å²) in [4.78, 5) is 62.5. The Morgan fingerprint density at radius 2 is 1.56 bits per heavy atom. The van der Waals surface area contributed by atoms with Crippen LogP contribution in [0.2, 0.25) is 0 Å². The third kappa shape index (κ3) is 12.3. The lowest BCUT2D eigenvalue weighted by Gasteiger charge is -2.21. The molecule has 0 radical (unpaired) electrons. The second-order valence-corrected chi connectivity index (χ2v) is 7.39. The third-order valence-electron chi connectivity index (χ3n) is 4.30. The van der Waals surface area contributed by atoms with Gasteiger partial charge in [-0.25, -0.2) is 4.79 Å². The molecule has 3 unspecified atom stereocenters. The summed E-state index contributed by atoms with van der Waals surface area (Å²) in [7, 11) is 0. The smallest absolute Gasteiger partial charge is 0.326 e. The molecule has 0 heterocycles. The highest BCUT2D eigenvalue weighted by Crippen LogP contribution is 2.03. The highest BCUT2D eigenvalue weighted by atomic mass is 16.4. The van der Waals surface area contributed by atoms with Crippen molar-refractivity contribution in [3.63, 3.8) is 0 Å². The number of amides is 3. The van der Waals surface area contributed by atoms with E-state index in [-0.39, 0.29) is 37.7 Å². The van der Waals surface area contributed by atoms with Gasteiger partial charge in [-0.2, -0.15) is 0 Å². The predicted octanol–water partition coefficient (Wildman–Crippen LogP) is -2.94. The van der Waals surface area contributed by atoms with Crippen molar-refractivity contribution < 1.29 is 34.2 Å². The first-order chi connectivity index (χ1) is 14.8. The van der Waals surface area contributed by atoms with Gasteiger partial charge < -0.3 is 43.4 Å². The van der Waals surface area contributed by atoms with E-state index in [1.807, 2.05) is 0 Å². The van der Waals surface area contributed by atoms with Gasteiger partial charge in [0.25, 0.3) is 0 Å². The van der Waals surface area contributed by atoms with Gasteiger partial charge in [-0.15, -0.1) is 0 Å². The molecule has 0 saturated heterocycles. The van der Waals surface area contributed by atoms with E-state index in [1.165, 1.54) is 0 Å². The summed E-state index contributed by atoms with van der Waals surface area (Å²) in [5, 5.41) is 24.9. The summed E-state index contributed by atoms with van der Waals surface area (Å²) in [6, 6.07) is -3.44. The Bertz CT molecular complexity index is 708. The van der Waals surface area contributed by atoms with Gasteiger partial charge in [-0.3, -0.25) is 24.2 Å². The summed E-state index contributed by atoms with van der Waals surface area (Å²) >= 11 is 0. The lowest BCUT2D eigenvalue weighted by atomic mass is 10.1. The first-order valence-corrected chi connectivity index (χ1v) is 9.98. The maximum Gasteiger partial charge on any atom is 0.326 e. The number of carbonyl (C=O) groups is 5. The molecule has 3 amide bonds. The second-order valence-electron chi connectivity index (χ2n) is 7.39. The molecule has 3 atom stereocenters. The van der Waals surface area contributed by atoms with Crippen molar-refractivity contribution in [2.45, 2.75) is 57.7 Å². The number of hydrogen-bond donors (Lipinski definition) is 8. The Balaban J connectivity index is 5.10. The van der Waals surface area contributed by atoms with Gasteiger partial charge in [0.1, 0.15) is 12.1 Å². The topological polar surface area (TPSA) is 252 Å². The zero-order chi connectivity index (χ0) is 24.8. The first kappa shape index (κ1) is 28.6. The highest BCUT2D eigenvalue weighted by molar-refractivity contribution is 5.92. The number of nitrogens with two attached hydrogens (primary N) is 3. The molecule has 0 rings (SSSR count). The molecular weight excluding hydrogens is 426 g/mol. The fourth-order valence-corrected chi connectivity index (χ4v) is 2.40. The van der Waals surface area contributed by atoms with Crippen LogP contribution in [0.4, 0.5) is 0 Å². The van der Waals surface area contributed by atoms with Crippen LogP contribution in [0, 0.1) is 5.92 Å². The Hall–Kier alpha value is -3.42. The Kier molecular flexibility index (Phi) is 13.0. The number of nitrogens with zero attached hydrogens (tertiary/aromatic N) is 1. The van der Waals surface area contributed by atoms with Gasteiger partial charge in [0.05, 0.1) is 12.6 Å². The van der Waals surface area contributed by atoms with E-state index in [0.717, 1.165) is 0 Å². The van der Waals surface area contributed by atoms with Gasteiger partial charge in [-0.1, -0.05) is 13.8 Å². The van der Waals surface area contributed by atoms with Crippen LogP contribution in [0.15, 0.2) is 4.99 Å². The van der Waals surface area contributed by atoms with E-state index >= 15 is 0 Å². The van der Waals surface area contributed by atoms with Crippen molar-refractivity contribution in [1.29, 1.82) is 0 Å². The number of carbonyl (C=O) groups excluding carboxylic acids is 3. The minimum Gasteiger partial charge on any atom is -0.481 e. The summed E-state index contributed by atoms with van der Waals surface area (Å²) in [6.07, 6.45) is -0.484. The number of hydrogen-bond acceptors (Lipinski definition) is 7. The second kappa shape index (κ2) is 14.6. The Labute approximate surface area is 185 Å². The van der Waals surface area contributed by atoms with Crippen LogP contribution in [0.1, 0.15) is 39.5 Å². The summed E-state index contributed by atoms with van der Waals surface area (Å²) < 4.78 is 0. The maximum absolute atomic E-state index is 12.6. The SMILES string of the molecule is CC(C)C(N)C(=O)NCC(=O)NC(CCCN=C(N)N)C(=O)NC(CCC(=O)O)C(=O)O. The number of aliphatic imine (C=N–C) groups is 1. The van der Waals surface area contributed by atoms with Crippen LogP contribution in [-0.4, -0.2) is 77.0 Å². The molecule has 32 heavy (non-hydrogen) atoms. The van der Waals surface area contributed by atoms with Crippen molar-refractivity contribution in [2.75, 3.05) is 13.1 Å². The van der Waals surface area contributed by atoms with Gasteiger partial charge in [0.15, 0.2) is 5.96 Å². The molecule has 14 heteroatoms. The zero-order valence-corrected chi connectivity index (χ0v) is 18.2. The van der Waals surface area contributed by atoms with Crippen molar-refractivity contribution in [1.82, 2.24) is 16.0 Å². The normalized spacial score (nSPS) is 13.4. The van der Waals surface area contributed by atoms with Gasteiger partial charge in [0.2, 0.25) is 17.7 Å². The van der Waals surface area contributed by atoms with E-state index in [1.54, 1.807) is 13.8 Å². The molecule has 182 valence electrons. The van der Waals surface area contributed by atoms with E-state index in [4.69, 9.17) is 22.3 Å². The number of rotatable bonds is 15. The largest absolute Gasteiger partial charge is 0.481 e. The van der Waals surface area contributed by atoms with Crippen LogP contribution in [0.3, 0.4) is 0 Å². The fourth-order valence-electron chi connectivity index (χ4n) is 2.40. The highest BCUT2D eigenvalue weighted by Gasteiger charge is 2.27. The number of aliphatic carboxylic acids is 2. The van der Waals surface area contributed by atoms with Crippen molar-refractivity contribution in [3.8, 4) is 0 Å². The molecule has 0 aromatic carbocycles. The van der Waals surface area contributed by atoms with Crippen LogP contribution in [0.25, 0.3) is 0 Å². The number of nitrogens with one attached hydrogen (secondary N) is 3. The number of guanidine groups is 1. The standard InChI is InChI=1S/C18H33N7O7/c1-9(2)14(19)16(30)23-8-12(26)24-10(4-3-7-22-18(20)21)15(29)25-11(17(31)32)5-6-13(27)28/h9-11,14H,3-8,19H2,1-2H3,(H,23,30)(H,24,26)(H,25,29)(H,27,28)(H,31,32)(H4,20,21,22). The molecule has 0 aliphatic rings. The summed E-state index contributed by atoms with van der Waals surface area (Å²) in [5.74, 6) is -5.00. The molecule has 0 aromatic heterocycles. The average Bonchev–Trinajstić information content (AvgIpc) is 2.69. The maximum atomic E-state index is 12.6. The lowest BCUT2D eigenvalue weighted by molar-refractivity contribution is -0.143. The zero-order valence-electron chi connectivity index (χ0n) is 18.2. The lowest BCUT2D eigenvalue weighted by Crippen LogP contribution is -2.54. The number of carboxylic acid groups (broad SMARTS) is 2. The van der Waals surface area contributed by atoms with Crippen molar-refractivity contribution >= 4 is 35.6 Å². The third-order valence-corrected chi connectivity index (χ3v) is 4.30. The minimum atomic E-state index is -1.46. The summed E-state index contributed by atoms with van der Waals surface area (Å²) in [6.45, 7) is 3.19. The van der Waals surface area contributed by atoms with Crippen LogP contribution >= 0.6 is 0 Å². The van der Waals surface area contributed by atoms with E-state index in [2.05, 4.69) is 20.9 Å². The number of carboxylic acids is 2. The summed E-state index contributed by atoms with van der Waals surface area (Å²) in [5.41, 5.74) is 16.2. The molecule has 0 spiro atoms. The first-order valence-electron chi connectivity index (χ1n) is 9.98. The average molecular weight is 460 g/mol. The van der Waals surface area contributed by atoms with Crippen LogP contribution in [0.5, 0.6) is 0 Å². The van der Waals surface area contributed by atoms with Gasteiger partial charge >= 0.3 is 11.9 Å². The van der Waals surface area contributed by atoms with E-state index in [9.17, 15) is 29.1 Å². The molecule has 0 aliphatic carbocycles. The van der Waals surface area contributed by atoms with Crippen molar-refractivity contribution in [2.24, 2.45) is 28.1 Å². The molecular formula is C18H33N7O7. The fraction of sp³-hybridized carbons (Fsp3) is 0.667. The van der Waals surface area contributed by atoms with Crippen LogP contribution < -0.4 is 33.2 Å². The Morgan fingerprint density at radius 1 is 0.938 bits per heavy atom. The predicted molar refractivity (Wildman–Crippen MR) is 114 cm³/mol. The quantitative estimate of drug-likeness (QED) is 0.0702. The van der Waals surface area contributed by atoms with E-state index < -0.39 is 60.8 Å². The molecule has 11 N–H and O–H groups in total. The molecule has 0 aliphatic heterocycles. The molecule has 0 bridgehead atoms.